The molecule has 0 spiro atoms. The summed E-state index contributed by atoms with van der Waals surface area (Å²) in [5.74, 6) is -0.485. The van der Waals surface area contributed by atoms with Crippen LogP contribution in [0.15, 0.2) is 18.2 Å². The highest BCUT2D eigenvalue weighted by molar-refractivity contribution is 6.02. The summed E-state index contributed by atoms with van der Waals surface area (Å²) in [4.78, 5) is 11.8. The molecule has 20 heavy (non-hydrogen) atoms. The Morgan fingerprint density at radius 3 is 3.00 bits per heavy atom. The van der Waals surface area contributed by atoms with E-state index < -0.39 is 6.04 Å². The molecule has 1 aliphatic rings. The van der Waals surface area contributed by atoms with Gasteiger partial charge in [-0.25, -0.2) is 4.39 Å². The number of nitrogens with one attached hydrogen (secondary N) is 2. The molecular formula is C14H19FN2O3. The van der Waals surface area contributed by atoms with Crippen LogP contribution in [0.2, 0.25) is 0 Å². The Balaban J connectivity index is 1.76. The van der Waals surface area contributed by atoms with E-state index in [9.17, 15) is 9.18 Å². The molecule has 2 rings (SSSR count). The second kappa shape index (κ2) is 7.33. The number of benzene rings is 1. The van der Waals surface area contributed by atoms with Gasteiger partial charge in [-0.2, -0.15) is 0 Å². The molecule has 1 aromatic carbocycles. The number of carbonyl (C=O) groups excluding carboxylic acids is 1. The molecule has 1 heterocycles. The first-order valence-corrected chi connectivity index (χ1v) is 6.62. The molecule has 1 amide bonds. The van der Waals surface area contributed by atoms with Gasteiger partial charge in [0.05, 0.1) is 13.2 Å². The number of methoxy groups -OCH3 is 1. The van der Waals surface area contributed by atoms with Crippen LogP contribution in [0.1, 0.15) is 18.0 Å². The Bertz CT molecular complexity index is 468. The normalized spacial score (nSPS) is 17.1. The quantitative estimate of drug-likeness (QED) is 0.709. The standard InChI is InChI=1S/C14H19FN2O3/c1-19-7-8-20-6-2-5-16-13-11-9-10(15)3-4-12(11)17-14(13)18/h3-4,9,13,16H,2,5-8H2,1H3,(H,17,18). The minimum atomic E-state index is -0.486. The number of amides is 1. The van der Waals surface area contributed by atoms with Crippen molar-refractivity contribution >= 4 is 11.6 Å². The summed E-state index contributed by atoms with van der Waals surface area (Å²) in [7, 11) is 1.63. The molecule has 6 heteroatoms. The maximum atomic E-state index is 13.2. The number of carbonyl (C=O) groups is 1. The fourth-order valence-corrected chi connectivity index (χ4v) is 2.10. The maximum absolute atomic E-state index is 13.2. The summed E-state index contributed by atoms with van der Waals surface area (Å²) in [5.41, 5.74) is 1.33. The summed E-state index contributed by atoms with van der Waals surface area (Å²) < 4.78 is 23.4. The number of rotatable bonds is 8. The van der Waals surface area contributed by atoms with E-state index in [1.54, 1.807) is 13.2 Å². The summed E-state index contributed by atoms with van der Waals surface area (Å²) in [6, 6.07) is 3.82. The minimum Gasteiger partial charge on any atom is -0.382 e. The van der Waals surface area contributed by atoms with Crippen molar-refractivity contribution in [2.45, 2.75) is 12.5 Å². The van der Waals surface area contributed by atoms with E-state index in [0.717, 1.165) is 6.42 Å². The molecule has 1 aliphatic heterocycles. The van der Waals surface area contributed by atoms with Crippen LogP contribution in [-0.4, -0.2) is 39.4 Å². The van der Waals surface area contributed by atoms with E-state index in [1.165, 1.54) is 12.1 Å². The topological polar surface area (TPSA) is 59.6 Å². The summed E-state index contributed by atoms with van der Waals surface area (Å²) >= 11 is 0. The molecule has 1 aromatic rings. The lowest BCUT2D eigenvalue weighted by molar-refractivity contribution is -0.117. The Kier molecular flexibility index (Phi) is 5.46. The van der Waals surface area contributed by atoms with Crippen molar-refractivity contribution in [2.75, 3.05) is 38.8 Å². The van der Waals surface area contributed by atoms with Crippen LogP contribution in [0.5, 0.6) is 0 Å². The average Bonchev–Trinajstić information content (AvgIpc) is 2.73. The minimum absolute atomic E-state index is 0.147. The zero-order chi connectivity index (χ0) is 14.4. The number of hydrogen-bond acceptors (Lipinski definition) is 4. The van der Waals surface area contributed by atoms with E-state index in [2.05, 4.69) is 10.6 Å². The molecule has 1 unspecified atom stereocenters. The van der Waals surface area contributed by atoms with Crippen molar-refractivity contribution in [1.29, 1.82) is 0 Å². The highest BCUT2D eigenvalue weighted by Gasteiger charge is 2.30. The first-order chi connectivity index (χ1) is 9.72. The third-order valence-electron chi connectivity index (χ3n) is 3.09. The Hall–Kier alpha value is -1.50. The van der Waals surface area contributed by atoms with Gasteiger partial charge in [0.1, 0.15) is 11.9 Å². The third kappa shape index (κ3) is 3.75. The van der Waals surface area contributed by atoms with E-state index in [4.69, 9.17) is 9.47 Å². The number of ether oxygens (including phenoxy) is 2. The van der Waals surface area contributed by atoms with E-state index in [0.29, 0.717) is 37.6 Å². The Labute approximate surface area is 117 Å². The molecule has 5 nitrogen and oxygen atoms in total. The first kappa shape index (κ1) is 14.9. The first-order valence-electron chi connectivity index (χ1n) is 6.62. The second-order valence-corrected chi connectivity index (χ2v) is 4.57. The van der Waals surface area contributed by atoms with Gasteiger partial charge in [-0.15, -0.1) is 0 Å². The van der Waals surface area contributed by atoms with Crippen LogP contribution in [-0.2, 0) is 14.3 Å². The molecule has 0 aromatic heterocycles. The van der Waals surface area contributed by atoms with Gasteiger partial charge in [0.15, 0.2) is 0 Å². The molecule has 0 saturated heterocycles. The van der Waals surface area contributed by atoms with Crippen molar-refractivity contribution in [2.24, 2.45) is 0 Å². The van der Waals surface area contributed by atoms with Gasteiger partial charge in [-0.05, 0) is 31.2 Å². The van der Waals surface area contributed by atoms with Crippen molar-refractivity contribution in [3.05, 3.63) is 29.6 Å². The van der Waals surface area contributed by atoms with Crippen LogP contribution in [0.4, 0.5) is 10.1 Å². The van der Waals surface area contributed by atoms with Gasteiger partial charge >= 0.3 is 0 Å². The van der Waals surface area contributed by atoms with Crippen LogP contribution in [0.25, 0.3) is 0 Å². The number of fused-ring (bicyclic) bond motifs is 1. The van der Waals surface area contributed by atoms with Crippen molar-refractivity contribution < 1.29 is 18.7 Å². The highest BCUT2D eigenvalue weighted by atomic mass is 19.1. The molecule has 0 saturated carbocycles. The number of hydrogen-bond donors (Lipinski definition) is 2. The smallest absolute Gasteiger partial charge is 0.246 e. The Morgan fingerprint density at radius 2 is 2.20 bits per heavy atom. The molecule has 1 atom stereocenters. The molecular weight excluding hydrogens is 263 g/mol. The predicted molar refractivity (Wildman–Crippen MR) is 73.1 cm³/mol. The van der Waals surface area contributed by atoms with Crippen molar-refractivity contribution in [1.82, 2.24) is 5.32 Å². The monoisotopic (exact) mass is 282 g/mol. The highest BCUT2D eigenvalue weighted by Crippen LogP contribution is 2.30. The number of anilines is 1. The summed E-state index contributed by atoms with van der Waals surface area (Å²) in [6.45, 7) is 2.36. The third-order valence-corrected chi connectivity index (χ3v) is 3.09. The number of halogens is 1. The lowest BCUT2D eigenvalue weighted by Crippen LogP contribution is -2.29. The van der Waals surface area contributed by atoms with E-state index >= 15 is 0 Å². The zero-order valence-electron chi connectivity index (χ0n) is 11.4. The van der Waals surface area contributed by atoms with Gasteiger partial charge in [-0.1, -0.05) is 0 Å². The largest absolute Gasteiger partial charge is 0.382 e. The average molecular weight is 282 g/mol. The lowest BCUT2D eigenvalue weighted by atomic mass is 10.1. The van der Waals surface area contributed by atoms with Crippen molar-refractivity contribution in [3.8, 4) is 0 Å². The summed E-state index contributed by atoms with van der Waals surface area (Å²) in [6.07, 6.45) is 0.776. The fraction of sp³-hybridized carbons (Fsp3) is 0.500. The predicted octanol–water partition coefficient (Wildman–Crippen LogP) is 1.46. The molecule has 0 bridgehead atoms. The second-order valence-electron chi connectivity index (χ2n) is 4.57. The van der Waals surface area contributed by atoms with Gasteiger partial charge in [0.2, 0.25) is 5.91 Å². The molecule has 0 aliphatic carbocycles. The maximum Gasteiger partial charge on any atom is 0.246 e. The fourth-order valence-electron chi connectivity index (χ4n) is 2.10. The molecule has 0 radical (unpaired) electrons. The zero-order valence-corrected chi connectivity index (χ0v) is 11.4. The lowest BCUT2D eigenvalue weighted by Gasteiger charge is -2.11. The van der Waals surface area contributed by atoms with Crippen molar-refractivity contribution in [3.63, 3.8) is 0 Å². The van der Waals surface area contributed by atoms with Gasteiger partial charge < -0.3 is 20.1 Å². The van der Waals surface area contributed by atoms with E-state index in [1.807, 2.05) is 0 Å². The molecule has 110 valence electrons. The van der Waals surface area contributed by atoms with Gasteiger partial charge in [-0.3, -0.25) is 4.79 Å². The van der Waals surface area contributed by atoms with Crippen LogP contribution in [0.3, 0.4) is 0 Å². The SMILES string of the molecule is COCCOCCCNC1C(=O)Nc2ccc(F)cc21. The van der Waals surface area contributed by atoms with Crippen LogP contribution in [0, 0.1) is 5.82 Å². The van der Waals surface area contributed by atoms with E-state index in [-0.39, 0.29) is 11.7 Å². The summed E-state index contributed by atoms with van der Waals surface area (Å²) in [5, 5.41) is 5.84. The molecule has 2 N–H and O–H groups in total. The van der Waals surface area contributed by atoms with Gasteiger partial charge in [0, 0.05) is 25.0 Å². The van der Waals surface area contributed by atoms with Crippen LogP contribution >= 0.6 is 0 Å². The molecule has 0 fully saturated rings. The Morgan fingerprint density at radius 1 is 1.35 bits per heavy atom. The van der Waals surface area contributed by atoms with Crippen LogP contribution < -0.4 is 10.6 Å². The van der Waals surface area contributed by atoms with Gasteiger partial charge in [0.25, 0.3) is 0 Å².